The van der Waals surface area contributed by atoms with E-state index in [1.54, 1.807) is 0 Å². The zero-order chi connectivity index (χ0) is 18.7. The second-order valence-corrected chi connectivity index (χ2v) is 8.38. The Labute approximate surface area is 172 Å². The molecule has 0 aliphatic carbocycles. The van der Waals surface area contributed by atoms with Crippen molar-refractivity contribution in [1.82, 2.24) is 15.2 Å². The van der Waals surface area contributed by atoms with E-state index in [4.69, 9.17) is 4.98 Å². The van der Waals surface area contributed by atoms with E-state index in [0.717, 1.165) is 59.5 Å². The molecule has 1 saturated heterocycles. The smallest absolute Gasteiger partial charge is 0.265 e. The maximum absolute atomic E-state index is 13.0. The van der Waals surface area contributed by atoms with Crippen molar-refractivity contribution < 1.29 is 4.79 Å². The Kier molecular flexibility index (Phi) is 7.83. The number of carbonyl (C=O) groups is 1. The standard InChI is InChI=1S/C21H29N3OS.ClH/c1-14-5-6-18(15(2)13-14)20-23-16(3)19(26-20)21(25)24-11-8-17(9-12-24)7-10-22-4;/h5-6,13,17,22H,7-12H2,1-4H3;1H. The number of hydrogen-bond acceptors (Lipinski definition) is 4. The molecule has 0 unspecified atom stereocenters. The summed E-state index contributed by atoms with van der Waals surface area (Å²) in [6.45, 7) is 8.95. The first-order chi connectivity index (χ1) is 12.5. The van der Waals surface area contributed by atoms with Crippen molar-refractivity contribution in [1.29, 1.82) is 0 Å². The summed E-state index contributed by atoms with van der Waals surface area (Å²) in [7, 11) is 2.00. The lowest BCUT2D eigenvalue weighted by Gasteiger charge is -2.31. The molecule has 3 rings (SSSR count). The quantitative estimate of drug-likeness (QED) is 0.786. The minimum Gasteiger partial charge on any atom is -0.338 e. The summed E-state index contributed by atoms with van der Waals surface area (Å²) in [5.41, 5.74) is 4.45. The van der Waals surface area contributed by atoms with Crippen LogP contribution in [0.25, 0.3) is 10.6 Å². The van der Waals surface area contributed by atoms with Gasteiger partial charge < -0.3 is 10.2 Å². The van der Waals surface area contributed by atoms with Crippen molar-refractivity contribution >= 4 is 29.7 Å². The Morgan fingerprint density at radius 1 is 1.26 bits per heavy atom. The average Bonchev–Trinajstić information content (AvgIpc) is 3.01. The third-order valence-corrected chi connectivity index (χ3v) is 6.49. The van der Waals surface area contributed by atoms with E-state index in [1.807, 2.05) is 18.9 Å². The highest BCUT2D eigenvalue weighted by molar-refractivity contribution is 7.17. The summed E-state index contributed by atoms with van der Waals surface area (Å²) in [6.07, 6.45) is 3.42. The van der Waals surface area contributed by atoms with Gasteiger partial charge in [0, 0.05) is 18.7 Å². The molecular formula is C21H30ClN3OS. The Balaban J connectivity index is 0.00000261. The van der Waals surface area contributed by atoms with Crippen LogP contribution in [0.4, 0.5) is 0 Å². The van der Waals surface area contributed by atoms with Gasteiger partial charge in [-0.05, 0) is 65.1 Å². The second-order valence-electron chi connectivity index (χ2n) is 7.38. The first-order valence-electron chi connectivity index (χ1n) is 9.48. The highest BCUT2D eigenvalue weighted by atomic mass is 35.5. The first-order valence-corrected chi connectivity index (χ1v) is 10.3. The molecule has 0 atom stereocenters. The lowest BCUT2D eigenvalue weighted by molar-refractivity contribution is 0.0691. The Hall–Kier alpha value is -1.43. The zero-order valence-corrected chi connectivity index (χ0v) is 18.3. The molecule has 1 N–H and O–H groups in total. The highest BCUT2D eigenvalue weighted by Crippen LogP contribution is 2.32. The third-order valence-electron chi connectivity index (χ3n) is 5.31. The number of thiazole rings is 1. The Bertz CT molecular complexity index is 782. The van der Waals surface area contributed by atoms with E-state index >= 15 is 0 Å². The molecule has 2 aromatic rings. The molecule has 1 aliphatic heterocycles. The normalized spacial score (nSPS) is 14.9. The van der Waals surface area contributed by atoms with Gasteiger partial charge in [-0.1, -0.05) is 23.8 Å². The van der Waals surface area contributed by atoms with Crippen molar-refractivity contribution in [2.45, 2.75) is 40.0 Å². The number of piperidine rings is 1. The van der Waals surface area contributed by atoms with Gasteiger partial charge in [0.05, 0.1) is 5.69 Å². The fourth-order valence-electron chi connectivity index (χ4n) is 3.68. The van der Waals surface area contributed by atoms with E-state index in [2.05, 4.69) is 37.4 Å². The third kappa shape index (κ3) is 5.09. The summed E-state index contributed by atoms with van der Waals surface area (Å²) in [4.78, 5) is 20.5. The number of nitrogens with one attached hydrogen (secondary N) is 1. The van der Waals surface area contributed by atoms with Gasteiger partial charge in [-0.3, -0.25) is 4.79 Å². The van der Waals surface area contributed by atoms with Crippen LogP contribution in [0, 0.1) is 26.7 Å². The van der Waals surface area contributed by atoms with Gasteiger partial charge in [0.2, 0.25) is 0 Å². The van der Waals surface area contributed by atoms with Crippen molar-refractivity contribution in [3.63, 3.8) is 0 Å². The fraction of sp³-hybridized carbons (Fsp3) is 0.524. The summed E-state index contributed by atoms with van der Waals surface area (Å²) in [5, 5.41) is 4.17. The number of rotatable bonds is 5. The molecule has 0 radical (unpaired) electrons. The molecular weight excluding hydrogens is 378 g/mol. The van der Waals surface area contributed by atoms with Crippen molar-refractivity contribution in [3.05, 3.63) is 39.9 Å². The number of nitrogens with zero attached hydrogens (tertiary/aromatic N) is 2. The van der Waals surface area contributed by atoms with Gasteiger partial charge in [-0.25, -0.2) is 4.98 Å². The van der Waals surface area contributed by atoms with Crippen LogP contribution < -0.4 is 5.32 Å². The molecule has 1 aliphatic rings. The Morgan fingerprint density at radius 3 is 2.59 bits per heavy atom. The van der Waals surface area contributed by atoms with Crippen LogP contribution in [0.1, 0.15) is 45.8 Å². The van der Waals surface area contributed by atoms with E-state index in [-0.39, 0.29) is 18.3 Å². The number of carbonyl (C=O) groups excluding carboxylic acids is 1. The minimum absolute atomic E-state index is 0. The number of benzene rings is 1. The van der Waals surface area contributed by atoms with Crippen LogP contribution in [-0.4, -0.2) is 42.5 Å². The van der Waals surface area contributed by atoms with E-state index < -0.39 is 0 Å². The molecule has 148 valence electrons. The average molecular weight is 408 g/mol. The molecule has 2 heterocycles. The lowest BCUT2D eigenvalue weighted by Crippen LogP contribution is -2.38. The molecule has 1 amide bonds. The summed E-state index contributed by atoms with van der Waals surface area (Å²) in [5.74, 6) is 0.892. The van der Waals surface area contributed by atoms with Gasteiger partial charge in [-0.15, -0.1) is 23.7 Å². The van der Waals surface area contributed by atoms with E-state index in [0.29, 0.717) is 0 Å². The van der Waals surface area contributed by atoms with Crippen molar-refractivity contribution in [2.24, 2.45) is 5.92 Å². The predicted molar refractivity (Wildman–Crippen MR) is 116 cm³/mol. The molecule has 1 fully saturated rings. The molecule has 4 nitrogen and oxygen atoms in total. The van der Waals surface area contributed by atoms with Gasteiger partial charge in [-0.2, -0.15) is 0 Å². The van der Waals surface area contributed by atoms with Crippen LogP contribution in [0.15, 0.2) is 18.2 Å². The molecule has 0 saturated carbocycles. The largest absolute Gasteiger partial charge is 0.338 e. The number of hydrogen-bond donors (Lipinski definition) is 1. The summed E-state index contributed by atoms with van der Waals surface area (Å²) >= 11 is 1.54. The zero-order valence-electron chi connectivity index (χ0n) is 16.7. The maximum atomic E-state index is 13.0. The molecule has 27 heavy (non-hydrogen) atoms. The van der Waals surface area contributed by atoms with Crippen LogP contribution in [0.5, 0.6) is 0 Å². The lowest BCUT2D eigenvalue weighted by atomic mass is 9.93. The Morgan fingerprint density at radius 2 is 1.96 bits per heavy atom. The van der Waals surface area contributed by atoms with Gasteiger partial charge in [0.15, 0.2) is 0 Å². The van der Waals surface area contributed by atoms with E-state index in [1.165, 1.54) is 28.9 Å². The second kappa shape index (κ2) is 9.67. The van der Waals surface area contributed by atoms with Crippen molar-refractivity contribution in [3.8, 4) is 10.6 Å². The molecule has 1 aromatic carbocycles. The summed E-state index contributed by atoms with van der Waals surface area (Å²) < 4.78 is 0. The maximum Gasteiger partial charge on any atom is 0.265 e. The van der Waals surface area contributed by atoms with Crippen LogP contribution in [-0.2, 0) is 0 Å². The SMILES string of the molecule is CNCCC1CCN(C(=O)c2sc(-c3ccc(C)cc3C)nc2C)CC1.Cl. The van der Waals surface area contributed by atoms with Gasteiger partial charge >= 0.3 is 0 Å². The van der Waals surface area contributed by atoms with Crippen LogP contribution >= 0.6 is 23.7 Å². The van der Waals surface area contributed by atoms with Crippen LogP contribution in [0.3, 0.4) is 0 Å². The van der Waals surface area contributed by atoms with Gasteiger partial charge in [0.1, 0.15) is 9.88 Å². The fourth-order valence-corrected chi connectivity index (χ4v) is 4.81. The monoisotopic (exact) mass is 407 g/mol. The number of aryl methyl sites for hydroxylation is 3. The van der Waals surface area contributed by atoms with Gasteiger partial charge in [0.25, 0.3) is 5.91 Å². The minimum atomic E-state index is 0. The topological polar surface area (TPSA) is 45.2 Å². The van der Waals surface area contributed by atoms with E-state index in [9.17, 15) is 4.79 Å². The number of likely N-dealkylation sites (tertiary alicyclic amines) is 1. The molecule has 1 aromatic heterocycles. The molecule has 0 spiro atoms. The highest BCUT2D eigenvalue weighted by Gasteiger charge is 2.26. The first kappa shape index (κ1) is 21.9. The van der Waals surface area contributed by atoms with Crippen molar-refractivity contribution in [2.75, 3.05) is 26.7 Å². The predicted octanol–water partition coefficient (Wildman–Crippen LogP) is 4.62. The summed E-state index contributed by atoms with van der Waals surface area (Å²) in [6, 6.07) is 6.39. The number of aromatic nitrogens is 1. The number of amides is 1. The molecule has 6 heteroatoms. The molecule has 0 bridgehead atoms. The number of halogens is 1. The van der Waals surface area contributed by atoms with Crippen LogP contribution in [0.2, 0.25) is 0 Å².